The zero-order valence-electron chi connectivity index (χ0n) is 11.7. The molecule has 0 spiro atoms. The first-order valence-corrected chi connectivity index (χ1v) is 9.34. The number of hydrogen-bond donors (Lipinski definition) is 1. The lowest BCUT2D eigenvalue weighted by molar-refractivity contribution is 0.516. The SMILES string of the molecule is CCCC(NCC)c1ccc(-c2ccc(Br)cc2Br)s1. The summed E-state index contributed by atoms with van der Waals surface area (Å²) in [6, 6.07) is 11.3. The lowest BCUT2D eigenvalue weighted by Gasteiger charge is -2.15. The average molecular weight is 417 g/mol. The molecule has 2 rings (SSSR count). The van der Waals surface area contributed by atoms with Crippen LogP contribution in [0, 0.1) is 0 Å². The maximum atomic E-state index is 3.65. The Hall–Kier alpha value is -0.160. The van der Waals surface area contributed by atoms with Crippen LogP contribution >= 0.6 is 43.2 Å². The molecule has 1 N–H and O–H groups in total. The molecule has 0 aliphatic heterocycles. The van der Waals surface area contributed by atoms with E-state index in [1.54, 1.807) is 0 Å². The van der Waals surface area contributed by atoms with Gasteiger partial charge in [0.15, 0.2) is 0 Å². The second-order valence-electron chi connectivity index (χ2n) is 4.73. The van der Waals surface area contributed by atoms with Gasteiger partial charge < -0.3 is 5.32 Å². The molecular formula is C16H19Br2NS. The first kappa shape index (κ1) is 16.2. The van der Waals surface area contributed by atoms with E-state index in [0.717, 1.165) is 15.5 Å². The second-order valence-corrected chi connectivity index (χ2v) is 7.61. The second kappa shape index (κ2) is 7.74. The van der Waals surface area contributed by atoms with Crippen molar-refractivity contribution in [2.75, 3.05) is 6.54 Å². The van der Waals surface area contributed by atoms with E-state index in [-0.39, 0.29) is 0 Å². The molecule has 1 aromatic heterocycles. The molecule has 1 unspecified atom stereocenters. The van der Waals surface area contributed by atoms with Crippen molar-refractivity contribution in [1.29, 1.82) is 0 Å². The number of rotatable bonds is 6. The fourth-order valence-corrected chi connectivity index (χ4v) is 4.80. The zero-order valence-corrected chi connectivity index (χ0v) is 15.7. The van der Waals surface area contributed by atoms with Gasteiger partial charge in [-0.1, -0.05) is 58.2 Å². The van der Waals surface area contributed by atoms with E-state index in [1.165, 1.54) is 28.2 Å². The molecule has 0 amide bonds. The molecule has 2 aromatic rings. The molecule has 0 saturated heterocycles. The topological polar surface area (TPSA) is 12.0 Å². The highest BCUT2D eigenvalue weighted by atomic mass is 79.9. The van der Waals surface area contributed by atoms with E-state index < -0.39 is 0 Å². The summed E-state index contributed by atoms with van der Waals surface area (Å²) in [7, 11) is 0. The van der Waals surface area contributed by atoms with E-state index >= 15 is 0 Å². The standard InChI is InChI=1S/C16H19Br2NS/c1-3-5-14(19-4-2)16-9-8-15(20-16)12-7-6-11(17)10-13(12)18/h6-10,14,19H,3-5H2,1-2H3. The Kier molecular flexibility index (Phi) is 6.27. The van der Waals surface area contributed by atoms with Crippen LogP contribution in [0.15, 0.2) is 39.3 Å². The first-order valence-electron chi connectivity index (χ1n) is 6.94. The Balaban J connectivity index is 2.27. The van der Waals surface area contributed by atoms with Gasteiger partial charge in [0.2, 0.25) is 0 Å². The Labute approximate surface area is 142 Å². The molecule has 0 radical (unpaired) electrons. The summed E-state index contributed by atoms with van der Waals surface area (Å²) >= 11 is 9.04. The lowest BCUT2D eigenvalue weighted by Crippen LogP contribution is -2.19. The molecule has 1 nitrogen and oxygen atoms in total. The van der Waals surface area contributed by atoms with Crippen molar-refractivity contribution in [1.82, 2.24) is 5.32 Å². The van der Waals surface area contributed by atoms with Gasteiger partial charge in [-0.2, -0.15) is 0 Å². The van der Waals surface area contributed by atoms with E-state index in [2.05, 4.69) is 81.4 Å². The van der Waals surface area contributed by atoms with Crippen LogP contribution in [-0.4, -0.2) is 6.54 Å². The predicted octanol–water partition coefficient (Wildman–Crippen LogP) is 6.39. The number of halogens is 2. The van der Waals surface area contributed by atoms with E-state index in [0.29, 0.717) is 6.04 Å². The Morgan fingerprint density at radius 2 is 1.95 bits per heavy atom. The molecule has 108 valence electrons. The van der Waals surface area contributed by atoms with Crippen LogP contribution in [0.2, 0.25) is 0 Å². The van der Waals surface area contributed by atoms with Gasteiger partial charge in [-0.15, -0.1) is 11.3 Å². The van der Waals surface area contributed by atoms with Gasteiger partial charge in [-0.3, -0.25) is 0 Å². The van der Waals surface area contributed by atoms with Gasteiger partial charge in [-0.05, 0) is 37.2 Å². The molecule has 0 aliphatic rings. The third kappa shape index (κ3) is 3.94. The smallest absolute Gasteiger partial charge is 0.0414 e. The largest absolute Gasteiger partial charge is 0.310 e. The first-order chi connectivity index (χ1) is 9.65. The highest BCUT2D eigenvalue weighted by Gasteiger charge is 2.13. The van der Waals surface area contributed by atoms with Gasteiger partial charge in [-0.25, -0.2) is 0 Å². The number of hydrogen-bond acceptors (Lipinski definition) is 2. The normalized spacial score (nSPS) is 12.6. The van der Waals surface area contributed by atoms with E-state index in [4.69, 9.17) is 0 Å². The Morgan fingerprint density at radius 1 is 1.15 bits per heavy atom. The number of nitrogens with one attached hydrogen (secondary N) is 1. The lowest BCUT2D eigenvalue weighted by atomic mass is 10.1. The zero-order chi connectivity index (χ0) is 14.5. The van der Waals surface area contributed by atoms with Gasteiger partial charge >= 0.3 is 0 Å². The maximum absolute atomic E-state index is 3.65. The predicted molar refractivity (Wildman–Crippen MR) is 96.5 cm³/mol. The summed E-state index contributed by atoms with van der Waals surface area (Å²) in [5.74, 6) is 0. The molecule has 20 heavy (non-hydrogen) atoms. The Bertz CT molecular complexity index is 559. The van der Waals surface area contributed by atoms with Crippen LogP contribution in [0.5, 0.6) is 0 Å². The quantitative estimate of drug-likeness (QED) is 0.574. The van der Waals surface area contributed by atoms with Gasteiger partial charge in [0, 0.05) is 30.3 Å². The van der Waals surface area contributed by atoms with Gasteiger partial charge in [0.25, 0.3) is 0 Å². The summed E-state index contributed by atoms with van der Waals surface area (Å²) in [4.78, 5) is 2.75. The summed E-state index contributed by atoms with van der Waals surface area (Å²) in [5, 5.41) is 3.58. The molecule has 1 aromatic carbocycles. The molecule has 1 heterocycles. The molecular weight excluding hydrogens is 398 g/mol. The van der Waals surface area contributed by atoms with Crippen molar-refractivity contribution >= 4 is 43.2 Å². The Morgan fingerprint density at radius 3 is 2.60 bits per heavy atom. The van der Waals surface area contributed by atoms with E-state index in [1.807, 2.05) is 11.3 Å². The third-order valence-electron chi connectivity index (χ3n) is 3.19. The van der Waals surface area contributed by atoms with Crippen molar-refractivity contribution in [3.63, 3.8) is 0 Å². The van der Waals surface area contributed by atoms with Crippen molar-refractivity contribution in [3.8, 4) is 10.4 Å². The van der Waals surface area contributed by atoms with Crippen LogP contribution in [0.1, 0.15) is 37.6 Å². The fraction of sp³-hybridized carbons (Fsp3) is 0.375. The molecule has 4 heteroatoms. The van der Waals surface area contributed by atoms with Crippen molar-refractivity contribution in [2.24, 2.45) is 0 Å². The molecule has 0 aliphatic carbocycles. The summed E-state index contributed by atoms with van der Waals surface area (Å²) < 4.78 is 2.23. The maximum Gasteiger partial charge on any atom is 0.0414 e. The van der Waals surface area contributed by atoms with Gasteiger partial charge in [0.1, 0.15) is 0 Å². The van der Waals surface area contributed by atoms with Crippen LogP contribution < -0.4 is 5.32 Å². The molecule has 0 fully saturated rings. The minimum Gasteiger partial charge on any atom is -0.310 e. The highest BCUT2D eigenvalue weighted by Crippen LogP contribution is 2.37. The summed E-state index contributed by atoms with van der Waals surface area (Å²) in [6.45, 7) is 5.42. The van der Waals surface area contributed by atoms with E-state index in [9.17, 15) is 0 Å². The van der Waals surface area contributed by atoms with Crippen molar-refractivity contribution in [3.05, 3.63) is 44.2 Å². The highest BCUT2D eigenvalue weighted by molar-refractivity contribution is 9.11. The summed E-state index contributed by atoms with van der Waals surface area (Å²) in [5.41, 5.74) is 1.26. The average Bonchev–Trinajstić information content (AvgIpc) is 2.88. The van der Waals surface area contributed by atoms with Gasteiger partial charge in [0.05, 0.1) is 0 Å². The minimum atomic E-state index is 0.484. The third-order valence-corrected chi connectivity index (χ3v) is 5.58. The van der Waals surface area contributed by atoms with Crippen LogP contribution in [0.25, 0.3) is 10.4 Å². The van der Waals surface area contributed by atoms with Crippen molar-refractivity contribution < 1.29 is 0 Å². The molecule has 1 atom stereocenters. The molecule has 0 bridgehead atoms. The number of thiophene rings is 1. The summed E-state index contributed by atoms with van der Waals surface area (Å²) in [6.07, 6.45) is 2.39. The minimum absolute atomic E-state index is 0.484. The van der Waals surface area contributed by atoms with Crippen LogP contribution in [0.4, 0.5) is 0 Å². The monoisotopic (exact) mass is 415 g/mol. The van der Waals surface area contributed by atoms with Crippen molar-refractivity contribution in [2.45, 2.75) is 32.7 Å². The fourth-order valence-electron chi connectivity index (χ4n) is 2.25. The van der Waals surface area contributed by atoms with Crippen LogP contribution in [0.3, 0.4) is 0 Å². The number of benzene rings is 1. The van der Waals surface area contributed by atoms with Crippen LogP contribution in [-0.2, 0) is 0 Å². The molecule has 0 saturated carbocycles.